The van der Waals surface area contributed by atoms with Crippen molar-refractivity contribution in [2.45, 2.75) is 31.7 Å². The summed E-state index contributed by atoms with van der Waals surface area (Å²) < 4.78 is 0. The lowest BCUT2D eigenvalue weighted by molar-refractivity contribution is -0.121. The molecule has 4 nitrogen and oxygen atoms in total. The van der Waals surface area contributed by atoms with Gasteiger partial charge in [0.2, 0.25) is 0 Å². The molecule has 0 atom stereocenters. The molecule has 0 bridgehead atoms. The second-order valence-corrected chi connectivity index (χ2v) is 5.98. The Morgan fingerprint density at radius 1 is 1.17 bits per heavy atom. The maximum Gasteiger partial charge on any atom is 0.185 e. The van der Waals surface area contributed by atoms with Gasteiger partial charge in [0.15, 0.2) is 5.13 Å². The maximum atomic E-state index is 11.3. The molecule has 2 aliphatic rings. The largest absolute Gasteiger partial charge is 0.346 e. The quantitative estimate of drug-likeness (QED) is 0.816. The minimum absolute atomic E-state index is 0.452. The van der Waals surface area contributed by atoms with Crippen molar-refractivity contribution in [3.05, 3.63) is 11.6 Å². The summed E-state index contributed by atoms with van der Waals surface area (Å²) >= 11 is 1.72. The van der Waals surface area contributed by atoms with Crippen LogP contribution in [0.3, 0.4) is 0 Å². The highest BCUT2D eigenvalue weighted by Gasteiger charge is 2.27. The number of hydrogen-bond donors (Lipinski definition) is 0. The number of thiazole rings is 1. The van der Waals surface area contributed by atoms with Crippen molar-refractivity contribution in [1.82, 2.24) is 9.88 Å². The number of ketones is 1. The Morgan fingerprint density at radius 3 is 2.50 bits per heavy atom. The van der Waals surface area contributed by atoms with Crippen molar-refractivity contribution < 1.29 is 4.79 Å². The summed E-state index contributed by atoms with van der Waals surface area (Å²) in [7, 11) is 0. The molecule has 3 rings (SSSR count). The minimum Gasteiger partial charge on any atom is -0.346 e. The van der Waals surface area contributed by atoms with Crippen molar-refractivity contribution >= 4 is 22.3 Å². The van der Waals surface area contributed by atoms with Crippen molar-refractivity contribution in [2.24, 2.45) is 0 Å². The Kier molecular flexibility index (Phi) is 3.61. The lowest BCUT2D eigenvalue weighted by atomic mass is 9.93. The van der Waals surface area contributed by atoms with Crippen LogP contribution in [0.1, 0.15) is 25.7 Å². The van der Waals surface area contributed by atoms with Gasteiger partial charge in [-0.2, -0.15) is 0 Å². The summed E-state index contributed by atoms with van der Waals surface area (Å²) in [4.78, 5) is 20.6. The molecule has 1 saturated heterocycles. The number of rotatable bonds is 2. The van der Waals surface area contributed by atoms with Crippen molar-refractivity contribution in [2.75, 3.05) is 31.1 Å². The smallest absolute Gasteiger partial charge is 0.185 e. The molecule has 18 heavy (non-hydrogen) atoms. The van der Waals surface area contributed by atoms with Crippen LogP contribution in [-0.2, 0) is 4.79 Å². The van der Waals surface area contributed by atoms with Gasteiger partial charge in [-0.05, 0) is 12.8 Å². The van der Waals surface area contributed by atoms with E-state index in [0.717, 1.165) is 57.0 Å². The average Bonchev–Trinajstić information content (AvgIpc) is 2.94. The molecule has 1 aromatic heterocycles. The molecule has 1 aliphatic heterocycles. The molecule has 0 spiro atoms. The molecule has 98 valence electrons. The van der Waals surface area contributed by atoms with Crippen LogP contribution in [0.2, 0.25) is 0 Å². The molecule has 2 heterocycles. The third kappa shape index (κ3) is 2.57. The van der Waals surface area contributed by atoms with E-state index in [2.05, 4.69) is 14.8 Å². The van der Waals surface area contributed by atoms with E-state index in [-0.39, 0.29) is 0 Å². The lowest BCUT2D eigenvalue weighted by Gasteiger charge is -2.40. The summed E-state index contributed by atoms with van der Waals surface area (Å²) in [6.45, 7) is 4.35. The Balaban J connectivity index is 1.52. The molecule has 0 amide bonds. The van der Waals surface area contributed by atoms with E-state index in [0.29, 0.717) is 11.8 Å². The molecule has 0 N–H and O–H groups in total. The van der Waals surface area contributed by atoms with Crippen LogP contribution < -0.4 is 4.90 Å². The van der Waals surface area contributed by atoms with Crippen LogP contribution in [0, 0.1) is 0 Å². The van der Waals surface area contributed by atoms with Gasteiger partial charge in [0.25, 0.3) is 0 Å². The summed E-state index contributed by atoms with van der Waals surface area (Å²) in [6, 6.07) is 0.640. The summed E-state index contributed by atoms with van der Waals surface area (Å²) in [5.74, 6) is 0.452. The zero-order valence-corrected chi connectivity index (χ0v) is 11.4. The highest BCUT2D eigenvalue weighted by molar-refractivity contribution is 7.13. The van der Waals surface area contributed by atoms with Gasteiger partial charge in [-0.15, -0.1) is 11.3 Å². The number of carbonyl (C=O) groups excluding carboxylic acids is 1. The van der Waals surface area contributed by atoms with Gasteiger partial charge in [-0.3, -0.25) is 9.69 Å². The average molecular weight is 265 g/mol. The second kappa shape index (κ2) is 5.36. The maximum absolute atomic E-state index is 11.3. The first kappa shape index (κ1) is 12.1. The molecule has 0 unspecified atom stereocenters. The van der Waals surface area contributed by atoms with Crippen molar-refractivity contribution in [1.29, 1.82) is 0 Å². The van der Waals surface area contributed by atoms with Crippen LogP contribution in [0.15, 0.2) is 11.6 Å². The fraction of sp³-hybridized carbons (Fsp3) is 0.692. The number of Topliss-reactive ketones (excluding diaryl/α,β-unsaturated/α-hetero) is 1. The lowest BCUT2D eigenvalue weighted by Crippen LogP contribution is -2.51. The van der Waals surface area contributed by atoms with Crippen LogP contribution in [-0.4, -0.2) is 47.9 Å². The van der Waals surface area contributed by atoms with E-state index in [1.807, 2.05) is 11.6 Å². The number of carbonyl (C=O) groups is 1. The van der Waals surface area contributed by atoms with Gasteiger partial charge < -0.3 is 4.90 Å². The molecule has 1 aliphatic carbocycles. The summed E-state index contributed by atoms with van der Waals surface area (Å²) in [6.07, 6.45) is 5.58. The second-order valence-electron chi connectivity index (χ2n) is 5.11. The first-order valence-electron chi connectivity index (χ1n) is 6.73. The minimum atomic E-state index is 0.452. The first-order valence-corrected chi connectivity index (χ1v) is 7.61. The van der Waals surface area contributed by atoms with Gasteiger partial charge in [0.05, 0.1) is 0 Å². The van der Waals surface area contributed by atoms with Crippen LogP contribution in [0.25, 0.3) is 0 Å². The van der Waals surface area contributed by atoms with E-state index < -0.39 is 0 Å². The van der Waals surface area contributed by atoms with Crippen LogP contribution in [0.4, 0.5) is 5.13 Å². The number of piperazine rings is 1. The summed E-state index contributed by atoms with van der Waals surface area (Å²) in [5.41, 5.74) is 0. The highest BCUT2D eigenvalue weighted by atomic mass is 32.1. The predicted molar refractivity (Wildman–Crippen MR) is 73.2 cm³/mol. The predicted octanol–water partition coefficient (Wildman–Crippen LogP) is 1.78. The normalized spacial score (nSPS) is 23.6. The SMILES string of the molecule is O=C1CCC(N2CCN(c3nccs3)CC2)CC1. The van der Waals surface area contributed by atoms with Gasteiger partial charge in [-0.25, -0.2) is 4.98 Å². The first-order chi connectivity index (χ1) is 8.83. The van der Waals surface area contributed by atoms with E-state index in [4.69, 9.17) is 0 Å². The zero-order valence-electron chi connectivity index (χ0n) is 10.5. The molecule has 0 radical (unpaired) electrons. The van der Waals surface area contributed by atoms with Crippen molar-refractivity contribution in [3.63, 3.8) is 0 Å². The van der Waals surface area contributed by atoms with E-state index in [9.17, 15) is 4.79 Å². The zero-order chi connectivity index (χ0) is 12.4. The molecule has 1 saturated carbocycles. The monoisotopic (exact) mass is 265 g/mol. The molecule has 1 aromatic rings. The fourth-order valence-corrected chi connectivity index (χ4v) is 3.64. The fourth-order valence-electron chi connectivity index (χ4n) is 2.94. The molecule has 5 heteroatoms. The van der Waals surface area contributed by atoms with E-state index in [1.165, 1.54) is 0 Å². The molecular weight excluding hydrogens is 246 g/mol. The Bertz CT molecular complexity index is 388. The molecule has 0 aromatic carbocycles. The Morgan fingerprint density at radius 2 is 1.89 bits per heavy atom. The van der Waals surface area contributed by atoms with E-state index >= 15 is 0 Å². The standard InChI is InChI=1S/C13H19N3OS/c17-12-3-1-11(2-4-12)15-6-8-16(9-7-15)13-14-5-10-18-13/h5,10-11H,1-4,6-9H2. The number of nitrogens with zero attached hydrogens (tertiary/aromatic N) is 3. The van der Waals surface area contributed by atoms with Crippen LogP contribution >= 0.6 is 11.3 Å². The number of aromatic nitrogens is 1. The Labute approximate surface area is 112 Å². The van der Waals surface area contributed by atoms with Gasteiger partial charge in [0, 0.05) is 56.6 Å². The third-order valence-corrected chi connectivity index (χ3v) is 4.87. The Hall–Kier alpha value is -0.940. The highest BCUT2D eigenvalue weighted by Crippen LogP contribution is 2.24. The number of anilines is 1. The third-order valence-electron chi connectivity index (χ3n) is 4.03. The van der Waals surface area contributed by atoms with Gasteiger partial charge in [-0.1, -0.05) is 0 Å². The summed E-state index contributed by atoms with van der Waals surface area (Å²) in [5, 5.41) is 3.18. The van der Waals surface area contributed by atoms with Gasteiger partial charge in [0.1, 0.15) is 5.78 Å². The van der Waals surface area contributed by atoms with Gasteiger partial charge >= 0.3 is 0 Å². The molecular formula is C13H19N3OS. The van der Waals surface area contributed by atoms with Crippen molar-refractivity contribution in [3.8, 4) is 0 Å². The number of hydrogen-bond acceptors (Lipinski definition) is 5. The van der Waals surface area contributed by atoms with Crippen LogP contribution in [0.5, 0.6) is 0 Å². The molecule has 2 fully saturated rings. The van der Waals surface area contributed by atoms with E-state index in [1.54, 1.807) is 11.3 Å². The topological polar surface area (TPSA) is 36.4 Å².